The van der Waals surface area contributed by atoms with E-state index in [9.17, 15) is 9.59 Å². The lowest BCUT2D eigenvalue weighted by molar-refractivity contribution is 0.0953. The third-order valence-electron chi connectivity index (χ3n) is 4.10. The summed E-state index contributed by atoms with van der Waals surface area (Å²) < 4.78 is 6.85. The highest BCUT2D eigenvalue weighted by Crippen LogP contribution is 2.12. The Morgan fingerprint density at radius 2 is 1.79 bits per heavy atom. The summed E-state index contributed by atoms with van der Waals surface area (Å²) in [7, 11) is 1.55. The Kier molecular flexibility index (Phi) is 6.83. The second-order valence-corrected chi connectivity index (χ2v) is 6.25. The van der Waals surface area contributed by atoms with Crippen LogP contribution in [0.5, 0.6) is 5.75 Å². The quantitative estimate of drug-likeness (QED) is 0.512. The van der Waals surface area contributed by atoms with Gasteiger partial charge in [0.2, 0.25) is 0 Å². The molecule has 0 bridgehead atoms. The number of hydrogen-bond donors (Lipinski definition) is 3. The van der Waals surface area contributed by atoms with Crippen LogP contribution in [0.15, 0.2) is 66.9 Å². The summed E-state index contributed by atoms with van der Waals surface area (Å²) in [6, 6.07) is 18.1. The molecule has 0 saturated carbocycles. The van der Waals surface area contributed by atoms with Crippen molar-refractivity contribution < 1.29 is 14.3 Å². The number of benzene rings is 2. The fourth-order valence-corrected chi connectivity index (χ4v) is 2.67. The number of urea groups is 1. The zero-order valence-corrected chi connectivity index (χ0v) is 16.1. The molecule has 2 aromatic carbocycles. The van der Waals surface area contributed by atoms with E-state index in [0.717, 1.165) is 5.56 Å². The molecular weight excluding hydrogens is 370 g/mol. The molecule has 3 aromatic rings. The number of hydrogen-bond acceptors (Lipinski definition) is 4. The van der Waals surface area contributed by atoms with Gasteiger partial charge in [-0.3, -0.25) is 14.8 Å². The van der Waals surface area contributed by atoms with Crippen molar-refractivity contribution in [2.75, 3.05) is 25.5 Å². The predicted molar refractivity (Wildman–Crippen MR) is 110 cm³/mol. The summed E-state index contributed by atoms with van der Waals surface area (Å²) in [5.41, 5.74) is 1.62. The van der Waals surface area contributed by atoms with Crippen LogP contribution in [0.1, 0.15) is 15.9 Å². The molecule has 29 heavy (non-hydrogen) atoms. The summed E-state index contributed by atoms with van der Waals surface area (Å²) in [4.78, 5) is 24.1. The van der Waals surface area contributed by atoms with Crippen molar-refractivity contribution in [3.8, 4) is 5.75 Å². The topological polar surface area (TPSA) is 97.3 Å². The number of nitrogens with one attached hydrogen (secondary N) is 3. The molecule has 0 radical (unpaired) electrons. The maximum absolute atomic E-state index is 12.1. The molecule has 0 atom stereocenters. The molecule has 3 N–H and O–H groups in total. The van der Waals surface area contributed by atoms with Crippen LogP contribution < -0.4 is 20.7 Å². The Bertz CT molecular complexity index is 956. The van der Waals surface area contributed by atoms with Crippen molar-refractivity contribution in [2.24, 2.45) is 0 Å². The van der Waals surface area contributed by atoms with Gasteiger partial charge < -0.3 is 15.4 Å². The Balaban J connectivity index is 1.38. The summed E-state index contributed by atoms with van der Waals surface area (Å²) in [6.45, 7) is 1.21. The summed E-state index contributed by atoms with van der Waals surface area (Å²) in [5.74, 6) is 0.839. The second-order valence-electron chi connectivity index (χ2n) is 6.25. The van der Waals surface area contributed by atoms with Gasteiger partial charge in [-0.25, -0.2) is 4.79 Å². The second kappa shape index (κ2) is 9.93. The van der Waals surface area contributed by atoms with Crippen LogP contribution in [0.2, 0.25) is 0 Å². The van der Waals surface area contributed by atoms with Gasteiger partial charge in [0, 0.05) is 30.9 Å². The zero-order valence-electron chi connectivity index (χ0n) is 16.1. The monoisotopic (exact) mass is 393 g/mol. The highest BCUT2D eigenvalue weighted by Gasteiger charge is 2.07. The Hall–Kier alpha value is -3.81. The van der Waals surface area contributed by atoms with Crippen molar-refractivity contribution in [2.45, 2.75) is 6.54 Å². The molecular formula is C21H23N5O3. The van der Waals surface area contributed by atoms with E-state index in [4.69, 9.17) is 4.74 Å². The highest BCUT2D eigenvalue weighted by atomic mass is 16.5. The van der Waals surface area contributed by atoms with Gasteiger partial charge in [0.1, 0.15) is 5.75 Å². The van der Waals surface area contributed by atoms with E-state index >= 15 is 0 Å². The van der Waals surface area contributed by atoms with E-state index in [1.807, 2.05) is 30.3 Å². The molecule has 8 heteroatoms. The molecule has 0 unspecified atom stereocenters. The number of carbonyl (C=O) groups is 2. The lowest BCUT2D eigenvalue weighted by atomic mass is 10.2. The van der Waals surface area contributed by atoms with Gasteiger partial charge in [-0.15, -0.1) is 0 Å². The molecule has 0 fully saturated rings. The third kappa shape index (κ3) is 6.10. The van der Waals surface area contributed by atoms with Gasteiger partial charge in [-0.05, 0) is 23.8 Å². The van der Waals surface area contributed by atoms with E-state index < -0.39 is 0 Å². The van der Waals surface area contributed by atoms with Crippen LogP contribution in [-0.4, -0.2) is 41.9 Å². The first-order chi connectivity index (χ1) is 14.1. The Morgan fingerprint density at radius 3 is 2.59 bits per heavy atom. The molecule has 1 aromatic heterocycles. The zero-order chi connectivity index (χ0) is 20.5. The molecule has 0 aliphatic heterocycles. The SMILES string of the molecule is COc1cccc(C(=O)NCCNC(=O)Nc2ccn(Cc3ccccc3)n2)c1. The minimum Gasteiger partial charge on any atom is -0.497 e. The van der Waals surface area contributed by atoms with Crippen molar-refractivity contribution in [3.63, 3.8) is 0 Å². The van der Waals surface area contributed by atoms with Crippen LogP contribution in [0.4, 0.5) is 10.6 Å². The molecule has 0 aliphatic rings. The fourth-order valence-electron chi connectivity index (χ4n) is 2.67. The molecule has 0 spiro atoms. The maximum Gasteiger partial charge on any atom is 0.320 e. The number of nitrogens with zero attached hydrogens (tertiary/aromatic N) is 2. The minimum atomic E-state index is -0.384. The number of carbonyl (C=O) groups excluding carboxylic acids is 2. The minimum absolute atomic E-state index is 0.231. The summed E-state index contributed by atoms with van der Waals surface area (Å²) in [5, 5.41) is 12.4. The number of ether oxygens (including phenoxy) is 1. The van der Waals surface area contributed by atoms with Gasteiger partial charge >= 0.3 is 6.03 Å². The van der Waals surface area contributed by atoms with Crippen molar-refractivity contribution in [1.29, 1.82) is 0 Å². The lowest BCUT2D eigenvalue weighted by Gasteiger charge is -2.08. The van der Waals surface area contributed by atoms with Gasteiger partial charge in [0.25, 0.3) is 5.91 Å². The van der Waals surface area contributed by atoms with Crippen LogP contribution >= 0.6 is 0 Å². The molecule has 150 valence electrons. The van der Waals surface area contributed by atoms with Crippen LogP contribution in [0.25, 0.3) is 0 Å². The van der Waals surface area contributed by atoms with E-state index in [1.165, 1.54) is 0 Å². The molecule has 0 aliphatic carbocycles. The average molecular weight is 393 g/mol. The summed E-state index contributed by atoms with van der Waals surface area (Å²) in [6.07, 6.45) is 1.80. The third-order valence-corrected chi connectivity index (χ3v) is 4.10. The fraction of sp³-hybridized carbons (Fsp3) is 0.190. The normalized spacial score (nSPS) is 10.2. The van der Waals surface area contributed by atoms with Crippen LogP contribution in [-0.2, 0) is 6.54 Å². The summed E-state index contributed by atoms with van der Waals surface area (Å²) >= 11 is 0. The van der Waals surface area contributed by atoms with E-state index in [1.54, 1.807) is 48.3 Å². The maximum atomic E-state index is 12.1. The van der Waals surface area contributed by atoms with Crippen molar-refractivity contribution >= 4 is 17.8 Å². The number of amides is 3. The van der Waals surface area contributed by atoms with Crippen LogP contribution in [0, 0.1) is 0 Å². The van der Waals surface area contributed by atoms with E-state index in [-0.39, 0.29) is 18.5 Å². The van der Waals surface area contributed by atoms with Crippen LogP contribution in [0.3, 0.4) is 0 Å². The molecule has 1 heterocycles. The molecule has 0 saturated heterocycles. The first-order valence-corrected chi connectivity index (χ1v) is 9.18. The molecule has 3 rings (SSSR count). The average Bonchev–Trinajstić information content (AvgIpc) is 3.18. The first kappa shape index (κ1) is 19.9. The Morgan fingerprint density at radius 1 is 1.00 bits per heavy atom. The van der Waals surface area contributed by atoms with Gasteiger partial charge in [-0.1, -0.05) is 36.4 Å². The predicted octanol–water partition coefficient (Wildman–Crippen LogP) is 2.49. The number of methoxy groups -OCH3 is 1. The van der Waals surface area contributed by atoms with Gasteiger partial charge in [-0.2, -0.15) is 5.10 Å². The lowest BCUT2D eigenvalue weighted by Crippen LogP contribution is -2.36. The van der Waals surface area contributed by atoms with Gasteiger partial charge in [0.05, 0.1) is 13.7 Å². The number of anilines is 1. The first-order valence-electron chi connectivity index (χ1n) is 9.18. The standard InChI is InChI=1S/C21H23N5O3/c1-29-18-9-5-8-17(14-18)20(27)22-11-12-23-21(28)24-19-10-13-26(25-19)15-16-6-3-2-4-7-16/h2-10,13-14H,11-12,15H2,1H3,(H,22,27)(H2,23,24,25,28). The number of rotatable bonds is 8. The number of aromatic nitrogens is 2. The van der Waals surface area contributed by atoms with Crippen molar-refractivity contribution in [1.82, 2.24) is 20.4 Å². The molecule has 8 nitrogen and oxygen atoms in total. The van der Waals surface area contributed by atoms with Crippen molar-refractivity contribution in [3.05, 3.63) is 78.0 Å². The Labute approximate surface area is 168 Å². The largest absolute Gasteiger partial charge is 0.497 e. The van der Waals surface area contributed by atoms with Gasteiger partial charge in [0.15, 0.2) is 5.82 Å². The highest BCUT2D eigenvalue weighted by molar-refractivity contribution is 5.94. The smallest absolute Gasteiger partial charge is 0.320 e. The molecule has 3 amide bonds. The van der Waals surface area contributed by atoms with E-state index in [0.29, 0.717) is 30.2 Å². The van der Waals surface area contributed by atoms with E-state index in [2.05, 4.69) is 21.0 Å².